The van der Waals surface area contributed by atoms with Crippen LogP contribution in [0.25, 0.3) is 10.8 Å². The number of fused-ring (bicyclic) bond motifs is 1. The fourth-order valence-electron chi connectivity index (χ4n) is 3.55. The molecule has 1 saturated carbocycles. The summed E-state index contributed by atoms with van der Waals surface area (Å²) in [5.74, 6) is 0.00454. The molecule has 0 aliphatic heterocycles. The van der Waals surface area contributed by atoms with Crippen molar-refractivity contribution < 1.29 is 4.79 Å². The van der Waals surface area contributed by atoms with E-state index in [1.54, 1.807) is 12.1 Å². The molecule has 0 spiro atoms. The van der Waals surface area contributed by atoms with Crippen molar-refractivity contribution in [2.24, 2.45) is 5.92 Å². The molecule has 1 aromatic heterocycles. The van der Waals surface area contributed by atoms with Crippen molar-refractivity contribution in [2.75, 3.05) is 0 Å². The van der Waals surface area contributed by atoms with Gasteiger partial charge in [-0.2, -0.15) is 5.10 Å². The lowest BCUT2D eigenvalue weighted by Gasteiger charge is -2.19. The van der Waals surface area contributed by atoms with Crippen LogP contribution in [0.3, 0.4) is 0 Å². The Labute approximate surface area is 171 Å². The van der Waals surface area contributed by atoms with Crippen LogP contribution in [0.15, 0.2) is 57.8 Å². The third-order valence-electron chi connectivity index (χ3n) is 5.10. The number of nitrogens with zero attached hydrogens (tertiary/aromatic N) is 2. The molecular weight excluding hydrogens is 418 g/mol. The van der Waals surface area contributed by atoms with Crippen LogP contribution in [0.1, 0.15) is 42.7 Å². The van der Waals surface area contributed by atoms with E-state index >= 15 is 0 Å². The lowest BCUT2D eigenvalue weighted by atomic mass is 10.0. The van der Waals surface area contributed by atoms with E-state index in [2.05, 4.69) is 26.3 Å². The number of aromatic nitrogens is 2. The first-order valence-corrected chi connectivity index (χ1v) is 10.3. The molecule has 3 aromatic rings. The van der Waals surface area contributed by atoms with Crippen molar-refractivity contribution in [2.45, 2.75) is 38.8 Å². The van der Waals surface area contributed by atoms with Gasteiger partial charge in [0, 0.05) is 16.4 Å². The fourth-order valence-corrected chi connectivity index (χ4v) is 3.95. The van der Waals surface area contributed by atoms with E-state index < -0.39 is 0 Å². The monoisotopic (exact) mass is 439 g/mol. The molecule has 1 N–H and O–H groups in total. The molecule has 144 valence electrons. The van der Waals surface area contributed by atoms with Crippen LogP contribution in [0.2, 0.25) is 0 Å². The largest absolute Gasteiger partial charge is 0.341 e. The average Bonchev–Trinajstić information content (AvgIpc) is 3.44. The minimum atomic E-state index is -0.358. The number of amides is 1. The number of carbonyl (C=O) groups is 1. The first-order chi connectivity index (χ1) is 13.4. The minimum absolute atomic E-state index is 0.158. The summed E-state index contributed by atoms with van der Waals surface area (Å²) in [5.41, 5.74) is 0.865. The summed E-state index contributed by atoms with van der Waals surface area (Å²) in [7, 11) is 0. The molecule has 1 aliphatic carbocycles. The molecule has 1 heterocycles. The van der Waals surface area contributed by atoms with Gasteiger partial charge in [-0.05, 0) is 42.5 Å². The Morgan fingerprint density at radius 3 is 2.54 bits per heavy atom. The third-order valence-corrected chi connectivity index (χ3v) is 5.59. The van der Waals surface area contributed by atoms with E-state index in [1.165, 1.54) is 4.68 Å². The van der Waals surface area contributed by atoms with Crippen LogP contribution in [0.4, 0.5) is 0 Å². The van der Waals surface area contributed by atoms with Crippen molar-refractivity contribution in [3.63, 3.8) is 0 Å². The number of halogens is 1. The molecule has 0 atom stereocenters. The highest BCUT2D eigenvalue weighted by Gasteiger charge is 2.46. The number of nitrogens with one attached hydrogen (secondary N) is 1. The Morgan fingerprint density at radius 1 is 1.18 bits per heavy atom. The molecular formula is C22H22BrN3O2. The Kier molecular flexibility index (Phi) is 4.83. The summed E-state index contributed by atoms with van der Waals surface area (Å²) in [5, 5.41) is 8.74. The summed E-state index contributed by atoms with van der Waals surface area (Å²) in [4.78, 5) is 26.0. The molecule has 0 bridgehead atoms. The molecule has 6 heteroatoms. The van der Waals surface area contributed by atoms with Crippen LogP contribution < -0.4 is 10.9 Å². The summed E-state index contributed by atoms with van der Waals surface area (Å²) in [6, 6.07) is 15.2. The molecule has 1 fully saturated rings. The maximum atomic E-state index is 13.2. The Balaban J connectivity index is 1.75. The number of rotatable bonds is 5. The van der Waals surface area contributed by atoms with E-state index in [-0.39, 0.29) is 22.9 Å². The van der Waals surface area contributed by atoms with Gasteiger partial charge in [-0.3, -0.25) is 9.59 Å². The summed E-state index contributed by atoms with van der Waals surface area (Å²) in [6.07, 6.45) is 1.78. The zero-order valence-corrected chi connectivity index (χ0v) is 17.5. The number of carbonyl (C=O) groups excluding carboxylic acids is 1. The van der Waals surface area contributed by atoms with Gasteiger partial charge in [-0.1, -0.05) is 60.1 Å². The van der Waals surface area contributed by atoms with Crippen LogP contribution in [-0.4, -0.2) is 15.7 Å². The molecule has 0 radical (unpaired) electrons. The highest BCUT2D eigenvalue weighted by Crippen LogP contribution is 2.46. The van der Waals surface area contributed by atoms with E-state index in [4.69, 9.17) is 0 Å². The number of hydrogen-bond donors (Lipinski definition) is 1. The Bertz CT molecular complexity index is 1120. The zero-order chi connectivity index (χ0) is 19.9. The van der Waals surface area contributed by atoms with Crippen molar-refractivity contribution in [1.82, 2.24) is 15.1 Å². The quantitative estimate of drug-likeness (QED) is 0.646. The number of benzene rings is 2. The van der Waals surface area contributed by atoms with Crippen LogP contribution in [0, 0.1) is 5.92 Å². The molecule has 0 unspecified atom stereocenters. The zero-order valence-electron chi connectivity index (χ0n) is 15.9. The molecule has 2 aromatic carbocycles. The SMILES string of the molecule is CC(C)Cn1nc(C(=O)NC2(c3cccc(Br)c3)CC2)c2ccccc2c1=O. The van der Waals surface area contributed by atoms with Crippen molar-refractivity contribution in [1.29, 1.82) is 0 Å². The second-order valence-electron chi connectivity index (χ2n) is 7.82. The maximum absolute atomic E-state index is 13.2. The minimum Gasteiger partial charge on any atom is -0.341 e. The van der Waals surface area contributed by atoms with Gasteiger partial charge in [0.25, 0.3) is 11.5 Å². The summed E-state index contributed by atoms with van der Waals surface area (Å²) in [6.45, 7) is 4.52. The van der Waals surface area contributed by atoms with E-state index in [9.17, 15) is 9.59 Å². The first-order valence-electron chi connectivity index (χ1n) is 9.48. The van der Waals surface area contributed by atoms with Crippen molar-refractivity contribution >= 4 is 32.6 Å². The van der Waals surface area contributed by atoms with Crippen LogP contribution in [-0.2, 0) is 12.1 Å². The highest BCUT2D eigenvalue weighted by molar-refractivity contribution is 9.10. The van der Waals surface area contributed by atoms with Crippen molar-refractivity contribution in [3.8, 4) is 0 Å². The van der Waals surface area contributed by atoms with Gasteiger partial charge in [0.15, 0.2) is 5.69 Å². The third kappa shape index (κ3) is 3.49. The predicted octanol–water partition coefficient (Wildman–Crippen LogP) is 4.23. The highest BCUT2D eigenvalue weighted by atomic mass is 79.9. The second-order valence-corrected chi connectivity index (χ2v) is 8.74. The maximum Gasteiger partial charge on any atom is 0.274 e. The summed E-state index contributed by atoms with van der Waals surface area (Å²) < 4.78 is 2.40. The predicted molar refractivity (Wildman–Crippen MR) is 113 cm³/mol. The van der Waals surface area contributed by atoms with E-state index in [0.717, 1.165) is 22.9 Å². The van der Waals surface area contributed by atoms with Gasteiger partial charge < -0.3 is 5.32 Å². The van der Waals surface area contributed by atoms with Gasteiger partial charge in [0.1, 0.15) is 0 Å². The topological polar surface area (TPSA) is 64.0 Å². The van der Waals surface area contributed by atoms with Gasteiger partial charge in [-0.25, -0.2) is 4.68 Å². The molecule has 0 saturated heterocycles. The second kappa shape index (κ2) is 7.17. The lowest BCUT2D eigenvalue weighted by Crippen LogP contribution is -2.37. The van der Waals surface area contributed by atoms with Crippen LogP contribution >= 0.6 is 15.9 Å². The summed E-state index contributed by atoms with van der Waals surface area (Å²) >= 11 is 3.50. The lowest BCUT2D eigenvalue weighted by molar-refractivity contribution is 0.0925. The molecule has 1 aliphatic rings. The van der Waals surface area contributed by atoms with Gasteiger partial charge in [-0.15, -0.1) is 0 Å². The Morgan fingerprint density at radius 2 is 1.89 bits per heavy atom. The van der Waals surface area contributed by atoms with E-state index in [1.807, 2.05) is 50.2 Å². The average molecular weight is 440 g/mol. The first kappa shape index (κ1) is 18.9. The normalized spacial score (nSPS) is 15.0. The van der Waals surface area contributed by atoms with Gasteiger partial charge in [0.2, 0.25) is 0 Å². The molecule has 4 rings (SSSR count). The van der Waals surface area contributed by atoms with Crippen molar-refractivity contribution in [3.05, 3.63) is 74.6 Å². The molecule has 1 amide bonds. The molecule has 5 nitrogen and oxygen atoms in total. The smallest absolute Gasteiger partial charge is 0.274 e. The molecule has 28 heavy (non-hydrogen) atoms. The van der Waals surface area contributed by atoms with Crippen LogP contribution in [0.5, 0.6) is 0 Å². The van der Waals surface area contributed by atoms with E-state index in [0.29, 0.717) is 23.0 Å². The van der Waals surface area contributed by atoms with Gasteiger partial charge >= 0.3 is 0 Å². The Hall–Kier alpha value is -2.47. The standard InChI is InChI=1S/C22H22BrN3O2/c1-14(2)13-26-21(28)18-9-4-3-8-17(18)19(25-26)20(27)24-22(10-11-22)15-6-5-7-16(23)12-15/h3-9,12,14H,10-11,13H2,1-2H3,(H,24,27). The fraction of sp³-hybridized carbons (Fsp3) is 0.318. The van der Waals surface area contributed by atoms with Gasteiger partial charge in [0.05, 0.1) is 10.9 Å². The number of hydrogen-bond acceptors (Lipinski definition) is 3.